The van der Waals surface area contributed by atoms with Crippen molar-refractivity contribution >= 4 is 40.7 Å². The molecule has 1 aliphatic heterocycles. The lowest BCUT2D eigenvalue weighted by Crippen LogP contribution is -2.44. The third-order valence-corrected chi connectivity index (χ3v) is 6.94. The molecule has 1 saturated heterocycles. The van der Waals surface area contributed by atoms with Crippen LogP contribution in [-0.4, -0.2) is 64.2 Å². The van der Waals surface area contributed by atoms with Gasteiger partial charge in [0.15, 0.2) is 5.82 Å². The smallest absolute Gasteiger partial charge is 0.231 e. The number of amides is 1. The summed E-state index contributed by atoms with van der Waals surface area (Å²) in [5, 5.41) is 16.8. The van der Waals surface area contributed by atoms with Gasteiger partial charge in [0.1, 0.15) is 11.6 Å². The molecule has 2 aromatic carbocycles. The number of carbonyl (C=O) groups excluding carboxylic acids is 1. The molecule has 1 aliphatic rings. The molecule has 0 spiro atoms. The topological polar surface area (TPSA) is 114 Å². The van der Waals surface area contributed by atoms with Gasteiger partial charge in [-0.3, -0.25) is 9.89 Å². The maximum Gasteiger partial charge on any atom is 0.231 e. The highest BCUT2D eigenvalue weighted by Crippen LogP contribution is 2.24. The van der Waals surface area contributed by atoms with Crippen molar-refractivity contribution < 1.29 is 4.79 Å². The molecule has 208 valence electrons. The van der Waals surface area contributed by atoms with Crippen LogP contribution in [0.4, 0.5) is 34.8 Å². The Morgan fingerprint density at radius 3 is 2.25 bits per heavy atom. The monoisotopic (exact) mass is 539 g/mol. The number of hydrogen-bond acceptors (Lipinski definition) is 8. The maximum absolute atomic E-state index is 12.6. The van der Waals surface area contributed by atoms with E-state index in [-0.39, 0.29) is 5.91 Å². The van der Waals surface area contributed by atoms with E-state index in [9.17, 15) is 4.79 Å². The van der Waals surface area contributed by atoms with Gasteiger partial charge in [0.2, 0.25) is 11.9 Å². The Hall–Kier alpha value is -4.44. The van der Waals surface area contributed by atoms with Crippen LogP contribution in [0.2, 0.25) is 0 Å². The minimum atomic E-state index is -0.0504. The van der Waals surface area contributed by atoms with Crippen LogP contribution in [-0.2, 0) is 11.2 Å². The molecule has 4 N–H and O–H groups in total. The first-order valence-electron chi connectivity index (χ1n) is 13.7. The number of H-pyrrole nitrogens is 1. The van der Waals surface area contributed by atoms with Gasteiger partial charge in [-0.2, -0.15) is 15.1 Å². The number of aryl methyl sites for hydroxylation is 1. The zero-order valence-electron chi connectivity index (χ0n) is 23.5. The fraction of sp³-hybridized carbons (Fsp3) is 0.333. The van der Waals surface area contributed by atoms with Crippen LogP contribution in [0.5, 0.6) is 0 Å². The second-order valence-corrected chi connectivity index (χ2v) is 10.6. The summed E-state index contributed by atoms with van der Waals surface area (Å²) < 4.78 is 0. The Labute approximate surface area is 235 Å². The fourth-order valence-corrected chi connectivity index (χ4v) is 4.54. The summed E-state index contributed by atoms with van der Waals surface area (Å²) in [6.07, 6.45) is 0.290. The van der Waals surface area contributed by atoms with Crippen molar-refractivity contribution in [3.8, 4) is 0 Å². The lowest BCUT2D eigenvalue weighted by atomic mass is 10.0. The molecule has 0 bridgehead atoms. The van der Waals surface area contributed by atoms with E-state index >= 15 is 0 Å². The minimum Gasteiger partial charge on any atom is -0.354 e. The van der Waals surface area contributed by atoms with Crippen molar-refractivity contribution in [3.05, 3.63) is 77.5 Å². The fourth-order valence-electron chi connectivity index (χ4n) is 4.54. The van der Waals surface area contributed by atoms with Gasteiger partial charge in [-0.25, -0.2) is 0 Å². The Kier molecular flexibility index (Phi) is 8.26. The molecule has 4 aromatic rings. The maximum atomic E-state index is 12.6. The van der Waals surface area contributed by atoms with E-state index in [0.717, 1.165) is 54.6 Å². The van der Waals surface area contributed by atoms with Crippen LogP contribution < -0.4 is 20.9 Å². The van der Waals surface area contributed by atoms with E-state index in [1.807, 2.05) is 55.5 Å². The molecular weight excluding hydrogens is 502 g/mol. The van der Waals surface area contributed by atoms with E-state index in [1.54, 1.807) is 0 Å². The van der Waals surface area contributed by atoms with Crippen LogP contribution in [0.1, 0.15) is 36.6 Å². The van der Waals surface area contributed by atoms with Gasteiger partial charge in [-0.1, -0.05) is 38.1 Å². The summed E-state index contributed by atoms with van der Waals surface area (Å²) in [6, 6.07) is 19.7. The summed E-state index contributed by atoms with van der Waals surface area (Å²) >= 11 is 0. The molecule has 3 heterocycles. The number of rotatable bonds is 9. The van der Waals surface area contributed by atoms with E-state index < -0.39 is 0 Å². The number of benzene rings is 2. The molecule has 0 atom stereocenters. The number of carbonyl (C=O) groups is 1. The van der Waals surface area contributed by atoms with Crippen LogP contribution in [0.25, 0.3) is 0 Å². The zero-order valence-corrected chi connectivity index (χ0v) is 23.5. The van der Waals surface area contributed by atoms with E-state index in [1.165, 1.54) is 5.56 Å². The van der Waals surface area contributed by atoms with Crippen molar-refractivity contribution in [1.82, 2.24) is 25.1 Å². The van der Waals surface area contributed by atoms with Gasteiger partial charge in [0.25, 0.3) is 0 Å². The first-order valence-corrected chi connectivity index (χ1v) is 13.7. The number of aromatic nitrogens is 4. The van der Waals surface area contributed by atoms with Crippen molar-refractivity contribution in [2.24, 2.45) is 0 Å². The largest absolute Gasteiger partial charge is 0.354 e. The van der Waals surface area contributed by atoms with Crippen molar-refractivity contribution in [2.75, 3.05) is 54.1 Å². The van der Waals surface area contributed by atoms with Gasteiger partial charge in [-0.15, -0.1) is 0 Å². The summed E-state index contributed by atoms with van der Waals surface area (Å²) in [5.74, 6) is 3.11. The predicted octanol–water partition coefficient (Wildman–Crippen LogP) is 5.05. The third-order valence-electron chi connectivity index (χ3n) is 6.94. The number of nitrogens with one attached hydrogen (secondary N) is 4. The second kappa shape index (κ2) is 12.2. The molecule has 5 rings (SSSR count). The van der Waals surface area contributed by atoms with Gasteiger partial charge >= 0.3 is 0 Å². The number of nitrogens with zero attached hydrogens (tertiary/aromatic N) is 5. The van der Waals surface area contributed by atoms with Crippen LogP contribution >= 0.6 is 0 Å². The lowest BCUT2D eigenvalue weighted by molar-refractivity contribution is -0.115. The molecule has 0 aliphatic carbocycles. The van der Waals surface area contributed by atoms with Crippen molar-refractivity contribution in [1.29, 1.82) is 0 Å². The summed E-state index contributed by atoms with van der Waals surface area (Å²) in [6.45, 7) is 10.0. The standard InChI is InChI=1S/C30H37N9O/c1-20(2)23-7-11-24(12-8-23)31-29(40)18-22-5-9-25(10-6-22)32-30-34-26(33-27-17-21(3)36-37-27)19-28(35-30)39-15-13-38(4)14-16-39/h5-12,17,19-20H,13-16,18H2,1-4H3,(H,31,40)(H3,32,33,34,35,36,37). The predicted molar refractivity (Wildman–Crippen MR) is 161 cm³/mol. The van der Waals surface area contributed by atoms with Crippen LogP contribution in [0.3, 0.4) is 0 Å². The second-order valence-electron chi connectivity index (χ2n) is 10.6. The minimum absolute atomic E-state index is 0.0504. The number of aromatic amines is 1. The van der Waals surface area contributed by atoms with Crippen LogP contribution in [0, 0.1) is 6.92 Å². The number of piperazine rings is 1. The Balaban J connectivity index is 1.26. The highest BCUT2D eigenvalue weighted by atomic mass is 16.1. The summed E-state index contributed by atoms with van der Waals surface area (Å²) in [5.41, 5.74) is 4.78. The number of hydrogen-bond donors (Lipinski definition) is 4. The Morgan fingerprint density at radius 2 is 1.60 bits per heavy atom. The molecule has 10 nitrogen and oxygen atoms in total. The first-order chi connectivity index (χ1) is 19.3. The molecule has 0 radical (unpaired) electrons. The van der Waals surface area contributed by atoms with E-state index in [2.05, 4.69) is 74.0 Å². The number of likely N-dealkylation sites (N-methyl/N-ethyl adjacent to an activating group) is 1. The summed E-state index contributed by atoms with van der Waals surface area (Å²) in [7, 11) is 2.13. The molecule has 1 fully saturated rings. The third kappa shape index (κ3) is 7.15. The zero-order chi connectivity index (χ0) is 28.1. The normalized spacial score (nSPS) is 13.9. The average Bonchev–Trinajstić information content (AvgIpc) is 3.34. The highest BCUT2D eigenvalue weighted by Gasteiger charge is 2.18. The SMILES string of the molecule is Cc1cc(Nc2cc(N3CCN(C)CC3)nc(Nc3ccc(CC(=O)Nc4ccc(C(C)C)cc4)cc3)n2)n[nH]1. The quantitative estimate of drug-likeness (QED) is 0.234. The molecule has 0 saturated carbocycles. The molecular formula is C30H37N9O. The van der Waals surface area contributed by atoms with E-state index in [4.69, 9.17) is 4.98 Å². The summed E-state index contributed by atoms with van der Waals surface area (Å²) in [4.78, 5) is 26.7. The molecule has 40 heavy (non-hydrogen) atoms. The van der Waals surface area contributed by atoms with Crippen molar-refractivity contribution in [2.45, 2.75) is 33.1 Å². The lowest BCUT2D eigenvalue weighted by Gasteiger charge is -2.33. The van der Waals surface area contributed by atoms with Gasteiger partial charge in [0, 0.05) is 55.4 Å². The first kappa shape index (κ1) is 27.1. The number of anilines is 6. The van der Waals surface area contributed by atoms with Crippen LogP contribution in [0.15, 0.2) is 60.7 Å². The van der Waals surface area contributed by atoms with E-state index in [0.29, 0.717) is 29.9 Å². The Bertz CT molecular complexity index is 1420. The molecule has 1 amide bonds. The van der Waals surface area contributed by atoms with Gasteiger partial charge in [-0.05, 0) is 55.3 Å². The average molecular weight is 540 g/mol. The molecule has 2 aromatic heterocycles. The van der Waals surface area contributed by atoms with Gasteiger partial charge < -0.3 is 25.8 Å². The Morgan fingerprint density at radius 1 is 0.900 bits per heavy atom. The van der Waals surface area contributed by atoms with Crippen molar-refractivity contribution in [3.63, 3.8) is 0 Å². The highest BCUT2D eigenvalue weighted by molar-refractivity contribution is 5.92. The molecule has 10 heteroatoms. The van der Waals surface area contributed by atoms with Gasteiger partial charge in [0.05, 0.1) is 6.42 Å². The molecule has 0 unspecified atom stereocenters.